The summed E-state index contributed by atoms with van der Waals surface area (Å²) in [6, 6.07) is 30.4. The van der Waals surface area contributed by atoms with E-state index in [9.17, 15) is 8.42 Å². The van der Waals surface area contributed by atoms with Crippen LogP contribution in [0.5, 0.6) is 0 Å². The molecule has 3 aromatic rings. The van der Waals surface area contributed by atoms with Crippen LogP contribution in [0.1, 0.15) is 22.7 Å². The molecule has 0 bridgehead atoms. The summed E-state index contributed by atoms with van der Waals surface area (Å²) in [7, 11) is -3.18. The molecular weight excluding hydrogens is 366 g/mol. The van der Waals surface area contributed by atoms with Crippen LogP contribution >= 0.6 is 0 Å². The van der Waals surface area contributed by atoms with Crippen LogP contribution in [0, 0.1) is 0 Å². The van der Waals surface area contributed by atoms with E-state index in [4.69, 9.17) is 0 Å². The first-order valence-electron chi connectivity index (χ1n) is 9.36. The second kappa shape index (κ2) is 7.64. The Bertz CT molecular complexity index is 1020. The van der Waals surface area contributed by atoms with Gasteiger partial charge in [-0.2, -0.15) is 0 Å². The van der Waals surface area contributed by atoms with Crippen LogP contribution < -0.4 is 0 Å². The van der Waals surface area contributed by atoms with E-state index in [1.54, 1.807) is 0 Å². The average molecular weight is 390 g/mol. The fourth-order valence-corrected chi connectivity index (χ4v) is 4.85. The summed E-state index contributed by atoms with van der Waals surface area (Å²) in [5.41, 5.74) is 4.17. The molecule has 1 aliphatic rings. The predicted molar refractivity (Wildman–Crippen MR) is 114 cm³/mol. The van der Waals surface area contributed by atoms with E-state index in [0.717, 1.165) is 22.4 Å². The van der Waals surface area contributed by atoms with Crippen molar-refractivity contribution in [3.63, 3.8) is 0 Å². The van der Waals surface area contributed by atoms with E-state index in [0.29, 0.717) is 6.54 Å². The lowest BCUT2D eigenvalue weighted by atomic mass is 9.92. The van der Waals surface area contributed by atoms with Gasteiger partial charge in [-0.25, -0.2) is 8.42 Å². The molecule has 0 saturated carbocycles. The third-order valence-corrected chi connectivity index (χ3v) is 6.62. The van der Waals surface area contributed by atoms with E-state index in [2.05, 4.69) is 29.2 Å². The summed E-state index contributed by atoms with van der Waals surface area (Å²) in [6.07, 6.45) is 3.34. The molecule has 0 spiro atoms. The summed E-state index contributed by atoms with van der Waals surface area (Å²) in [5, 5.41) is -0.470. The second-order valence-electron chi connectivity index (χ2n) is 7.17. The van der Waals surface area contributed by atoms with Crippen LogP contribution in [0.3, 0.4) is 0 Å². The van der Waals surface area contributed by atoms with Gasteiger partial charge in [-0.3, -0.25) is 0 Å². The maximum Gasteiger partial charge on any atom is 0.157 e. The molecule has 0 aromatic heterocycles. The molecular formula is C24H23NO2S. The first-order chi connectivity index (χ1) is 13.5. The second-order valence-corrected chi connectivity index (χ2v) is 9.40. The first-order valence-corrected chi connectivity index (χ1v) is 11.3. The van der Waals surface area contributed by atoms with Gasteiger partial charge >= 0.3 is 0 Å². The minimum atomic E-state index is -3.18. The highest BCUT2D eigenvalue weighted by atomic mass is 32.2. The van der Waals surface area contributed by atoms with Gasteiger partial charge < -0.3 is 4.90 Å². The summed E-state index contributed by atoms with van der Waals surface area (Å²) >= 11 is 0. The molecule has 0 aliphatic carbocycles. The minimum absolute atomic E-state index is 0.0182. The van der Waals surface area contributed by atoms with Gasteiger partial charge in [0.1, 0.15) is 5.25 Å². The van der Waals surface area contributed by atoms with Gasteiger partial charge in [-0.05, 0) is 22.8 Å². The number of hydrogen-bond acceptors (Lipinski definition) is 3. The van der Waals surface area contributed by atoms with Gasteiger partial charge in [0.2, 0.25) is 0 Å². The molecule has 28 heavy (non-hydrogen) atoms. The van der Waals surface area contributed by atoms with Gasteiger partial charge in [0.15, 0.2) is 9.84 Å². The lowest BCUT2D eigenvalue weighted by Crippen LogP contribution is -2.53. The number of nitrogens with zero attached hydrogens (tertiary/aromatic N) is 1. The number of hydrogen-bond donors (Lipinski definition) is 0. The third-order valence-electron chi connectivity index (χ3n) is 5.20. The van der Waals surface area contributed by atoms with Crippen molar-refractivity contribution in [2.45, 2.75) is 11.3 Å². The smallest absolute Gasteiger partial charge is 0.157 e. The van der Waals surface area contributed by atoms with Crippen LogP contribution in [0.4, 0.5) is 0 Å². The summed E-state index contributed by atoms with van der Waals surface area (Å²) < 4.78 is 24.8. The monoisotopic (exact) mass is 389 g/mol. The van der Waals surface area contributed by atoms with E-state index in [-0.39, 0.29) is 6.04 Å². The molecule has 1 saturated heterocycles. The summed E-state index contributed by atoms with van der Waals surface area (Å²) in [4.78, 5) is 2.21. The molecule has 3 nitrogen and oxygen atoms in total. The molecule has 0 amide bonds. The van der Waals surface area contributed by atoms with Crippen molar-refractivity contribution in [2.24, 2.45) is 0 Å². The van der Waals surface area contributed by atoms with Crippen LogP contribution in [-0.2, 0) is 9.84 Å². The van der Waals surface area contributed by atoms with Crippen LogP contribution in [-0.4, -0.2) is 31.4 Å². The maximum atomic E-state index is 12.4. The number of sulfone groups is 1. The van der Waals surface area contributed by atoms with Crippen molar-refractivity contribution >= 4 is 15.9 Å². The minimum Gasteiger partial charge on any atom is -0.361 e. The zero-order chi connectivity index (χ0) is 19.6. The molecule has 1 unspecified atom stereocenters. The topological polar surface area (TPSA) is 37.4 Å². The van der Waals surface area contributed by atoms with Crippen LogP contribution in [0.2, 0.25) is 0 Å². The predicted octanol–water partition coefficient (Wildman–Crippen LogP) is 4.55. The van der Waals surface area contributed by atoms with E-state index >= 15 is 0 Å². The molecule has 0 N–H and O–H groups in total. The Balaban J connectivity index is 1.80. The molecule has 4 rings (SSSR count). The van der Waals surface area contributed by atoms with Crippen LogP contribution in [0.15, 0.2) is 96.7 Å². The molecule has 4 heteroatoms. The number of likely N-dealkylation sites (tertiary alicyclic amines) is 1. The van der Waals surface area contributed by atoms with Crippen molar-refractivity contribution in [1.29, 1.82) is 0 Å². The van der Waals surface area contributed by atoms with E-state index < -0.39 is 15.1 Å². The molecule has 3 aromatic carbocycles. The Morgan fingerprint density at radius 1 is 0.821 bits per heavy atom. The van der Waals surface area contributed by atoms with Gasteiger partial charge in [0.05, 0.1) is 6.04 Å². The zero-order valence-electron chi connectivity index (χ0n) is 15.8. The Morgan fingerprint density at radius 2 is 1.29 bits per heavy atom. The SMILES string of the molecule is CS(=O)(=O)C1CN(C(c2ccccc2)c2ccccc2)C1=Cc1ccccc1. The van der Waals surface area contributed by atoms with Crippen molar-refractivity contribution < 1.29 is 8.42 Å². The molecule has 1 fully saturated rings. The molecule has 1 aliphatic heterocycles. The van der Waals surface area contributed by atoms with Crippen molar-refractivity contribution in [3.05, 3.63) is 113 Å². The quantitative estimate of drug-likeness (QED) is 0.643. The van der Waals surface area contributed by atoms with Gasteiger partial charge in [0, 0.05) is 18.5 Å². The summed E-state index contributed by atoms with van der Waals surface area (Å²) in [6.45, 7) is 0.492. The molecule has 142 valence electrons. The van der Waals surface area contributed by atoms with Gasteiger partial charge in [-0.15, -0.1) is 0 Å². The third kappa shape index (κ3) is 3.73. The Kier molecular flexibility index (Phi) is 5.05. The molecule has 0 radical (unpaired) electrons. The van der Waals surface area contributed by atoms with E-state index in [1.807, 2.05) is 72.8 Å². The highest BCUT2D eigenvalue weighted by molar-refractivity contribution is 7.91. The van der Waals surface area contributed by atoms with Crippen molar-refractivity contribution in [1.82, 2.24) is 4.90 Å². The average Bonchev–Trinajstić information content (AvgIpc) is 2.70. The molecule has 1 heterocycles. The largest absolute Gasteiger partial charge is 0.361 e. The fourth-order valence-electron chi connectivity index (χ4n) is 3.78. The maximum absolute atomic E-state index is 12.4. The number of rotatable bonds is 5. The van der Waals surface area contributed by atoms with Gasteiger partial charge in [-0.1, -0.05) is 91.0 Å². The Hall–Kier alpha value is -2.85. The normalized spacial score (nSPS) is 18.3. The first kappa shape index (κ1) is 18.5. The number of benzene rings is 3. The highest BCUT2D eigenvalue weighted by Gasteiger charge is 2.43. The standard InChI is InChI=1S/C24H23NO2S/c1-28(26,27)23-18-25(22(23)17-19-11-5-2-6-12-19)24(20-13-7-3-8-14-20)21-15-9-4-10-16-21/h2-17,23-24H,18H2,1H3. The fraction of sp³-hybridized carbons (Fsp3) is 0.167. The highest BCUT2D eigenvalue weighted by Crippen LogP contribution is 2.41. The molecule has 1 atom stereocenters. The van der Waals surface area contributed by atoms with E-state index in [1.165, 1.54) is 6.26 Å². The summed E-state index contributed by atoms with van der Waals surface area (Å²) in [5.74, 6) is 0. The zero-order valence-corrected chi connectivity index (χ0v) is 16.6. The lowest BCUT2D eigenvalue weighted by molar-refractivity contribution is 0.215. The van der Waals surface area contributed by atoms with Crippen molar-refractivity contribution in [2.75, 3.05) is 12.8 Å². The van der Waals surface area contributed by atoms with Gasteiger partial charge in [0.25, 0.3) is 0 Å². The Labute approximate surface area is 166 Å². The van der Waals surface area contributed by atoms with Crippen LogP contribution in [0.25, 0.3) is 6.08 Å². The lowest BCUT2D eigenvalue weighted by Gasteiger charge is -2.48. The van der Waals surface area contributed by atoms with Crippen molar-refractivity contribution in [3.8, 4) is 0 Å². The Morgan fingerprint density at radius 3 is 1.75 bits per heavy atom.